The van der Waals surface area contributed by atoms with Crippen LogP contribution in [0.1, 0.15) is 31.2 Å². The number of amides is 2. The van der Waals surface area contributed by atoms with Crippen LogP contribution in [0, 0.1) is 18.8 Å². The highest BCUT2D eigenvalue weighted by atomic mass is 16.5. The number of piperidine rings is 3. The van der Waals surface area contributed by atoms with E-state index in [4.69, 9.17) is 4.74 Å². The molecule has 3 atom stereocenters. The summed E-state index contributed by atoms with van der Waals surface area (Å²) in [4.78, 5) is 28.9. The lowest BCUT2D eigenvalue weighted by molar-refractivity contribution is -0.149. The second kappa shape index (κ2) is 6.70. The van der Waals surface area contributed by atoms with Crippen molar-refractivity contribution >= 4 is 11.8 Å². The smallest absolute Gasteiger partial charge is 0.260 e. The molecule has 3 fully saturated rings. The third kappa shape index (κ3) is 3.37. The first-order valence-corrected chi connectivity index (χ1v) is 9.37. The summed E-state index contributed by atoms with van der Waals surface area (Å²) in [5.74, 6) is 1.96. The van der Waals surface area contributed by atoms with Gasteiger partial charge in [0.05, 0.1) is 0 Å². The van der Waals surface area contributed by atoms with E-state index >= 15 is 0 Å². The molecule has 4 rings (SSSR count). The predicted molar refractivity (Wildman–Crippen MR) is 94.2 cm³/mol. The number of ether oxygens (including phenoxy) is 1. The molecule has 0 radical (unpaired) electrons. The Morgan fingerprint density at radius 1 is 1.20 bits per heavy atom. The molecule has 134 valence electrons. The van der Waals surface area contributed by atoms with Crippen LogP contribution in [-0.2, 0) is 9.59 Å². The zero-order chi connectivity index (χ0) is 17.4. The third-order valence-corrected chi connectivity index (χ3v) is 5.92. The molecule has 0 N–H and O–H groups in total. The van der Waals surface area contributed by atoms with Gasteiger partial charge >= 0.3 is 0 Å². The fourth-order valence-corrected chi connectivity index (χ4v) is 4.68. The van der Waals surface area contributed by atoms with Gasteiger partial charge in [-0.1, -0.05) is 17.7 Å². The van der Waals surface area contributed by atoms with Crippen LogP contribution in [0.25, 0.3) is 0 Å². The highest BCUT2D eigenvalue weighted by Crippen LogP contribution is 2.37. The van der Waals surface area contributed by atoms with E-state index in [0.29, 0.717) is 30.2 Å². The van der Waals surface area contributed by atoms with E-state index < -0.39 is 0 Å². The summed E-state index contributed by atoms with van der Waals surface area (Å²) in [6, 6.07) is 8.11. The number of likely N-dealkylation sites (tertiary alicyclic amines) is 1. The number of carbonyl (C=O) groups is 2. The van der Waals surface area contributed by atoms with Gasteiger partial charge in [0.25, 0.3) is 5.91 Å². The van der Waals surface area contributed by atoms with Crippen LogP contribution in [0.2, 0.25) is 0 Å². The monoisotopic (exact) mass is 342 g/mol. The number of nitrogens with zero attached hydrogens (tertiary/aromatic N) is 2. The standard InChI is InChI=1S/C20H26N2O3/c1-14-5-7-17(8-6-14)25-13-20(24)21-10-15-9-16(12-21)18-3-2-4-19(23)22(18)11-15/h5-8,15-16,18H,2-4,9-13H2,1H3/t15-,16-,18-/m1/s1. The average Bonchev–Trinajstić information content (AvgIpc) is 2.62. The number of hydrogen-bond acceptors (Lipinski definition) is 3. The minimum Gasteiger partial charge on any atom is -0.484 e. The fraction of sp³-hybridized carbons (Fsp3) is 0.600. The third-order valence-electron chi connectivity index (χ3n) is 5.92. The predicted octanol–water partition coefficient (Wildman–Crippen LogP) is 2.23. The molecular formula is C20H26N2O3. The van der Waals surface area contributed by atoms with Gasteiger partial charge in [0.15, 0.2) is 6.61 Å². The summed E-state index contributed by atoms with van der Waals surface area (Å²) >= 11 is 0. The van der Waals surface area contributed by atoms with Crippen molar-refractivity contribution in [3.8, 4) is 5.75 Å². The fourth-order valence-electron chi connectivity index (χ4n) is 4.68. The summed E-state index contributed by atoms with van der Waals surface area (Å²) in [6.45, 7) is 4.46. The van der Waals surface area contributed by atoms with Gasteiger partial charge in [-0.3, -0.25) is 9.59 Å². The van der Waals surface area contributed by atoms with E-state index in [9.17, 15) is 9.59 Å². The lowest BCUT2D eigenvalue weighted by Gasteiger charge is -2.52. The molecule has 5 heteroatoms. The topological polar surface area (TPSA) is 49.9 Å². The maximum absolute atomic E-state index is 12.6. The molecule has 2 bridgehead atoms. The maximum Gasteiger partial charge on any atom is 0.260 e. The number of rotatable bonds is 3. The van der Waals surface area contributed by atoms with Crippen LogP contribution in [0.3, 0.4) is 0 Å². The molecule has 2 amide bonds. The molecule has 3 aliphatic heterocycles. The number of fused-ring (bicyclic) bond motifs is 4. The van der Waals surface area contributed by atoms with E-state index in [2.05, 4.69) is 4.90 Å². The zero-order valence-corrected chi connectivity index (χ0v) is 14.8. The van der Waals surface area contributed by atoms with Crippen LogP contribution < -0.4 is 4.74 Å². The Balaban J connectivity index is 1.37. The molecule has 0 unspecified atom stereocenters. The Bertz CT molecular complexity index is 657. The summed E-state index contributed by atoms with van der Waals surface area (Å²) in [5, 5.41) is 0. The minimum atomic E-state index is 0.0610. The summed E-state index contributed by atoms with van der Waals surface area (Å²) in [6.07, 6.45) is 3.93. The SMILES string of the molecule is Cc1ccc(OCC(=O)N2C[C@H]3C[C@H](C2)[C@H]2CCCC(=O)N2C3)cc1. The summed E-state index contributed by atoms with van der Waals surface area (Å²) in [7, 11) is 0. The van der Waals surface area contributed by atoms with Gasteiger partial charge in [0, 0.05) is 32.1 Å². The van der Waals surface area contributed by atoms with E-state index in [-0.39, 0.29) is 12.5 Å². The van der Waals surface area contributed by atoms with Gasteiger partial charge in [-0.05, 0) is 50.2 Å². The lowest BCUT2D eigenvalue weighted by atomic mass is 9.76. The average molecular weight is 342 g/mol. The number of benzene rings is 1. The van der Waals surface area contributed by atoms with Crippen LogP contribution in [0.4, 0.5) is 0 Å². The first-order valence-electron chi connectivity index (χ1n) is 9.37. The van der Waals surface area contributed by atoms with Crippen molar-refractivity contribution in [2.24, 2.45) is 11.8 Å². The van der Waals surface area contributed by atoms with E-state index in [1.54, 1.807) is 0 Å². The Morgan fingerprint density at radius 3 is 2.80 bits per heavy atom. The van der Waals surface area contributed by atoms with E-state index in [0.717, 1.165) is 44.6 Å². The lowest BCUT2D eigenvalue weighted by Crippen LogP contribution is -2.61. The van der Waals surface area contributed by atoms with Crippen LogP contribution in [-0.4, -0.2) is 53.9 Å². The first kappa shape index (κ1) is 16.4. The number of carbonyl (C=O) groups excluding carboxylic acids is 2. The van der Waals surface area contributed by atoms with E-state index in [1.165, 1.54) is 5.56 Å². The van der Waals surface area contributed by atoms with Crippen molar-refractivity contribution in [2.45, 2.75) is 38.6 Å². The molecular weight excluding hydrogens is 316 g/mol. The van der Waals surface area contributed by atoms with Gasteiger partial charge in [0.2, 0.25) is 5.91 Å². The Kier molecular flexibility index (Phi) is 4.40. The first-order chi connectivity index (χ1) is 12.1. The van der Waals surface area contributed by atoms with Crippen molar-refractivity contribution in [3.63, 3.8) is 0 Å². The second-order valence-electron chi connectivity index (χ2n) is 7.77. The van der Waals surface area contributed by atoms with Crippen molar-refractivity contribution in [2.75, 3.05) is 26.2 Å². The second-order valence-corrected chi connectivity index (χ2v) is 7.77. The van der Waals surface area contributed by atoms with Crippen LogP contribution in [0.5, 0.6) is 5.75 Å². The summed E-state index contributed by atoms with van der Waals surface area (Å²) < 4.78 is 5.67. The quantitative estimate of drug-likeness (QED) is 0.846. The molecule has 3 heterocycles. The molecule has 0 aromatic heterocycles. The molecule has 0 spiro atoms. The highest BCUT2D eigenvalue weighted by molar-refractivity contribution is 5.79. The van der Waals surface area contributed by atoms with E-state index in [1.807, 2.05) is 36.1 Å². The minimum absolute atomic E-state index is 0.0610. The number of hydrogen-bond donors (Lipinski definition) is 0. The zero-order valence-electron chi connectivity index (χ0n) is 14.8. The molecule has 3 saturated heterocycles. The van der Waals surface area contributed by atoms with Gasteiger partial charge < -0.3 is 14.5 Å². The highest BCUT2D eigenvalue weighted by Gasteiger charge is 2.44. The van der Waals surface area contributed by atoms with Gasteiger partial charge in [0.1, 0.15) is 5.75 Å². The largest absolute Gasteiger partial charge is 0.484 e. The van der Waals surface area contributed by atoms with Crippen LogP contribution >= 0.6 is 0 Å². The maximum atomic E-state index is 12.6. The number of aryl methyl sites for hydroxylation is 1. The Morgan fingerprint density at radius 2 is 2.00 bits per heavy atom. The molecule has 1 aromatic carbocycles. The Hall–Kier alpha value is -2.04. The molecule has 0 saturated carbocycles. The molecule has 5 nitrogen and oxygen atoms in total. The normalized spacial score (nSPS) is 28.5. The van der Waals surface area contributed by atoms with Crippen molar-refractivity contribution in [3.05, 3.63) is 29.8 Å². The molecule has 25 heavy (non-hydrogen) atoms. The van der Waals surface area contributed by atoms with Gasteiger partial charge in [-0.2, -0.15) is 0 Å². The molecule has 1 aromatic rings. The Labute approximate surface area is 148 Å². The van der Waals surface area contributed by atoms with Gasteiger partial charge in [-0.25, -0.2) is 0 Å². The molecule has 3 aliphatic rings. The summed E-state index contributed by atoms with van der Waals surface area (Å²) in [5.41, 5.74) is 1.18. The van der Waals surface area contributed by atoms with Crippen molar-refractivity contribution in [1.29, 1.82) is 0 Å². The van der Waals surface area contributed by atoms with Gasteiger partial charge in [-0.15, -0.1) is 0 Å². The van der Waals surface area contributed by atoms with Crippen LogP contribution in [0.15, 0.2) is 24.3 Å². The molecule has 0 aliphatic carbocycles. The van der Waals surface area contributed by atoms with Crippen molar-refractivity contribution < 1.29 is 14.3 Å². The van der Waals surface area contributed by atoms with Crippen molar-refractivity contribution in [1.82, 2.24) is 9.80 Å².